The average molecular weight is 410 g/mol. The van der Waals surface area contributed by atoms with Crippen LogP contribution in [0.5, 0.6) is 0 Å². The first-order valence-electron chi connectivity index (χ1n) is 8.59. The molecule has 1 N–H and O–H groups in total. The Morgan fingerprint density at radius 2 is 1.22 bits per heavy atom. The van der Waals surface area contributed by atoms with Crippen molar-refractivity contribution in [2.75, 3.05) is 17.8 Å². The molecule has 27 heavy (non-hydrogen) atoms. The zero-order valence-corrected chi connectivity index (χ0v) is 18.5. The van der Waals surface area contributed by atoms with Crippen LogP contribution < -0.4 is 5.32 Å². The third kappa shape index (κ3) is 4.35. The van der Waals surface area contributed by atoms with Gasteiger partial charge < -0.3 is 5.32 Å². The van der Waals surface area contributed by atoms with Gasteiger partial charge in [-0.2, -0.15) is 0 Å². The van der Waals surface area contributed by atoms with Crippen LogP contribution in [-0.4, -0.2) is 29.3 Å². The summed E-state index contributed by atoms with van der Waals surface area (Å²) in [6, 6.07) is 4.17. The SMILES string of the molecule is Cc1c(C)c(C)c(CNc2ccc(S(C)(=O)=O)cc2S(C)(=O)=O)c(C)c1C. The van der Waals surface area contributed by atoms with Crippen LogP contribution in [0.4, 0.5) is 5.69 Å². The molecular formula is C20H27NO4S2. The maximum atomic E-state index is 12.2. The molecule has 0 saturated carbocycles. The fraction of sp³-hybridized carbons (Fsp3) is 0.400. The molecule has 5 nitrogen and oxygen atoms in total. The summed E-state index contributed by atoms with van der Waals surface area (Å²) in [5.74, 6) is 0. The third-order valence-electron chi connectivity index (χ3n) is 5.39. The molecule has 2 rings (SSSR count). The van der Waals surface area contributed by atoms with Crippen LogP contribution in [0, 0.1) is 34.6 Å². The van der Waals surface area contributed by atoms with Crippen molar-refractivity contribution < 1.29 is 16.8 Å². The Kier molecular flexibility index (Phi) is 5.78. The third-order valence-corrected chi connectivity index (χ3v) is 7.64. The molecule has 0 fully saturated rings. The van der Waals surface area contributed by atoms with Crippen LogP contribution in [0.2, 0.25) is 0 Å². The van der Waals surface area contributed by atoms with Gasteiger partial charge in [-0.15, -0.1) is 0 Å². The van der Waals surface area contributed by atoms with Crippen molar-refractivity contribution in [3.63, 3.8) is 0 Å². The minimum atomic E-state index is -3.59. The van der Waals surface area contributed by atoms with Gasteiger partial charge >= 0.3 is 0 Å². The lowest BCUT2D eigenvalue weighted by Crippen LogP contribution is -2.11. The van der Waals surface area contributed by atoms with E-state index in [4.69, 9.17) is 0 Å². The summed E-state index contributed by atoms with van der Waals surface area (Å²) in [5.41, 5.74) is 7.61. The summed E-state index contributed by atoms with van der Waals surface area (Å²) in [6.45, 7) is 10.9. The number of hydrogen-bond donors (Lipinski definition) is 1. The van der Waals surface area contributed by atoms with Gasteiger partial charge in [-0.05, 0) is 86.2 Å². The number of rotatable bonds is 5. The van der Waals surface area contributed by atoms with E-state index in [0.717, 1.165) is 18.1 Å². The smallest absolute Gasteiger partial charge is 0.177 e. The molecule has 7 heteroatoms. The van der Waals surface area contributed by atoms with Crippen molar-refractivity contribution in [2.45, 2.75) is 51.0 Å². The maximum absolute atomic E-state index is 12.2. The zero-order valence-electron chi connectivity index (χ0n) is 16.9. The van der Waals surface area contributed by atoms with Gasteiger partial charge in [0, 0.05) is 19.1 Å². The number of nitrogens with one attached hydrogen (secondary N) is 1. The van der Waals surface area contributed by atoms with Crippen LogP contribution in [-0.2, 0) is 26.2 Å². The summed E-state index contributed by atoms with van der Waals surface area (Å²) in [5, 5.41) is 3.20. The minimum absolute atomic E-state index is 0.0112. The van der Waals surface area contributed by atoms with E-state index in [0.29, 0.717) is 12.2 Å². The van der Waals surface area contributed by atoms with Gasteiger partial charge in [-0.25, -0.2) is 16.8 Å². The Bertz CT molecular complexity index is 1090. The van der Waals surface area contributed by atoms with Crippen LogP contribution >= 0.6 is 0 Å². The van der Waals surface area contributed by atoms with E-state index in [-0.39, 0.29) is 9.79 Å². The molecule has 0 saturated heterocycles. The molecule has 0 spiro atoms. The second kappa shape index (κ2) is 7.28. The number of hydrogen-bond acceptors (Lipinski definition) is 5. The summed E-state index contributed by atoms with van der Waals surface area (Å²) in [4.78, 5) is -0.0239. The highest BCUT2D eigenvalue weighted by Crippen LogP contribution is 2.29. The quantitative estimate of drug-likeness (QED) is 0.815. The Balaban J connectivity index is 2.51. The molecular weight excluding hydrogens is 382 g/mol. The van der Waals surface area contributed by atoms with Gasteiger partial charge in [0.2, 0.25) is 0 Å². The van der Waals surface area contributed by atoms with Crippen molar-refractivity contribution >= 4 is 25.4 Å². The molecule has 0 unspecified atom stereocenters. The molecule has 0 atom stereocenters. The summed E-state index contributed by atoms with van der Waals surface area (Å²) in [6.07, 6.45) is 2.14. The van der Waals surface area contributed by atoms with Crippen LogP contribution in [0.15, 0.2) is 28.0 Å². The summed E-state index contributed by atoms with van der Waals surface area (Å²) in [7, 11) is -7.08. The predicted octanol–water partition coefficient (Wildman–Crippen LogP) is 3.65. The Hall–Kier alpha value is -1.86. The van der Waals surface area contributed by atoms with E-state index in [1.807, 2.05) is 0 Å². The van der Waals surface area contributed by atoms with Gasteiger partial charge in [0.25, 0.3) is 0 Å². The molecule has 0 aliphatic heterocycles. The first-order valence-corrected chi connectivity index (χ1v) is 12.4. The van der Waals surface area contributed by atoms with Crippen molar-refractivity contribution in [3.05, 3.63) is 51.6 Å². The number of benzene rings is 2. The normalized spacial score (nSPS) is 12.3. The Morgan fingerprint density at radius 3 is 1.67 bits per heavy atom. The highest BCUT2D eigenvalue weighted by atomic mass is 32.2. The van der Waals surface area contributed by atoms with Crippen LogP contribution in [0.25, 0.3) is 0 Å². The Labute approximate surface area is 162 Å². The molecule has 2 aromatic carbocycles. The number of anilines is 1. The fourth-order valence-electron chi connectivity index (χ4n) is 3.21. The monoisotopic (exact) mass is 409 g/mol. The molecule has 0 amide bonds. The van der Waals surface area contributed by atoms with Gasteiger partial charge in [-0.1, -0.05) is 0 Å². The van der Waals surface area contributed by atoms with Gasteiger partial charge in [0.05, 0.1) is 15.5 Å². The maximum Gasteiger partial charge on any atom is 0.177 e. The minimum Gasteiger partial charge on any atom is -0.380 e. The van der Waals surface area contributed by atoms with E-state index in [1.54, 1.807) is 0 Å². The van der Waals surface area contributed by atoms with E-state index in [1.165, 1.54) is 46.0 Å². The second-order valence-corrected chi connectivity index (χ2v) is 11.2. The van der Waals surface area contributed by atoms with Gasteiger partial charge in [0.1, 0.15) is 0 Å². The van der Waals surface area contributed by atoms with E-state index >= 15 is 0 Å². The first-order chi connectivity index (χ1) is 12.2. The fourth-order valence-corrected chi connectivity index (χ4v) is 4.82. The molecule has 0 radical (unpaired) electrons. The second-order valence-electron chi connectivity index (χ2n) is 7.16. The largest absolute Gasteiger partial charge is 0.380 e. The highest BCUT2D eigenvalue weighted by Gasteiger charge is 2.19. The van der Waals surface area contributed by atoms with Crippen molar-refractivity contribution in [2.24, 2.45) is 0 Å². The standard InChI is InChI=1S/C20H27NO4S2/c1-12-13(2)15(4)18(16(5)14(12)3)11-21-19-9-8-17(26(6,22)23)10-20(19)27(7,24)25/h8-10,21H,11H2,1-7H3. The molecule has 0 aliphatic carbocycles. The summed E-state index contributed by atoms with van der Waals surface area (Å²) >= 11 is 0. The van der Waals surface area contributed by atoms with Crippen LogP contribution in [0.1, 0.15) is 33.4 Å². The van der Waals surface area contributed by atoms with Gasteiger partial charge in [0.15, 0.2) is 19.7 Å². The molecule has 0 heterocycles. The first kappa shape index (κ1) is 21.4. The van der Waals surface area contributed by atoms with E-state index < -0.39 is 19.7 Å². The number of sulfone groups is 2. The predicted molar refractivity (Wildman–Crippen MR) is 110 cm³/mol. The van der Waals surface area contributed by atoms with Crippen molar-refractivity contribution in [1.29, 1.82) is 0 Å². The van der Waals surface area contributed by atoms with E-state index in [9.17, 15) is 16.8 Å². The lowest BCUT2D eigenvalue weighted by Gasteiger charge is -2.20. The average Bonchev–Trinajstić information content (AvgIpc) is 2.56. The topological polar surface area (TPSA) is 80.3 Å². The summed E-state index contributed by atoms with van der Waals surface area (Å²) < 4.78 is 48.0. The lowest BCUT2D eigenvalue weighted by atomic mass is 9.89. The van der Waals surface area contributed by atoms with Crippen molar-refractivity contribution in [3.8, 4) is 0 Å². The zero-order chi connectivity index (χ0) is 20.7. The Morgan fingerprint density at radius 1 is 0.741 bits per heavy atom. The highest BCUT2D eigenvalue weighted by molar-refractivity contribution is 7.91. The molecule has 0 aromatic heterocycles. The molecule has 148 valence electrons. The van der Waals surface area contributed by atoms with Gasteiger partial charge in [-0.3, -0.25) is 0 Å². The molecule has 0 bridgehead atoms. The van der Waals surface area contributed by atoms with Crippen molar-refractivity contribution in [1.82, 2.24) is 0 Å². The van der Waals surface area contributed by atoms with Crippen LogP contribution in [0.3, 0.4) is 0 Å². The van der Waals surface area contributed by atoms with E-state index in [2.05, 4.69) is 39.9 Å². The molecule has 0 aliphatic rings. The molecule has 2 aromatic rings. The lowest BCUT2D eigenvalue weighted by molar-refractivity contribution is 0.600.